The molecule has 186 valence electrons. The third kappa shape index (κ3) is 5.49. The highest BCUT2D eigenvalue weighted by molar-refractivity contribution is 6.03. The van der Waals surface area contributed by atoms with Crippen molar-refractivity contribution >= 4 is 17.8 Å². The molecule has 10 nitrogen and oxygen atoms in total. The fourth-order valence-electron chi connectivity index (χ4n) is 3.19. The first kappa shape index (κ1) is 24.4. The minimum atomic E-state index is -2.97. The molecule has 0 saturated heterocycles. The Kier molecular flexibility index (Phi) is 7.23. The molecular weight excluding hydrogens is 478 g/mol. The van der Waals surface area contributed by atoms with Crippen LogP contribution in [0, 0.1) is 0 Å². The fourth-order valence-corrected chi connectivity index (χ4v) is 3.19. The van der Waals surface area contributed by atoms with Crippen molar-refractivity contribution in [2.45, 2.75) is 13.5 Å². The Morgan fingerprint density at radius 3 is 2.42 bits per heavy atom. The van der Waals surface area contributed by atoms with Crippen LogP contribution in [0.25, 0.3) is 17.1 Å². The van der Waals surface area contributed by atoms with E-state index in [-0.39, 0.29) is 41.0 Å². The van der Waals surface area contributed by atoms with Crippen LogP contribution >= 0.6 is 0 Å². The highest BCUT2D eigenvalue weighted by Gasteiger charge is 2.20. The normalized spacial score (nSPS) is 10.8. The molecule has 0 aliphatic rings. The van der Waals surface area contributed by atoms with Crippen LogP contribution in [-0.2, 0) is 4.74 Å². The van der Waals surface area contributed by atoms with Crippen LogP contribution in [0.5, 0.6) is 11.5 Å². The molecule has 4 rings (SSSR count). The Morgan fingerprint density at radius 1 is 1.08 bits per heavy atom. The molecule has 0 unspecified atom stereocenters. The molecular formula is C24H20F2N4O6. The van der Waals surface area contributed by atoms with Crippen molar-refractivity contribution in [2.75, 3.05) is 19.0 Å². The molecule has 0 aliphatic heterocycles. The van der Waals surface area contributed by atoms with Gasteiger partial charge in [-0.2, -0.15) is 8.78 Å². The monoisotopic (exact) mass is 498 g/mol. The Balaban J connectivity index is 1.65. The van der Waals surface area contributed by atoms with Crippen molar-refractivity contribution < 1.29 is 37.1 Å². The number of imidazole rings is 1. The van der Waals surface area contributed by atoms with Crippen molar-refractivity contribution in [3.05, 3.63) is 72.1 Å². The molecule has 0 radical (unpaired) electrons. The van der Waals surface area contributed by atoms with E-state index in [0.29, 0.717) is 11.4 Å². The van der Waals surface area contributed by atoms with Crippen LogP contribution in [0.15, 0.2) is 65.3 Å². The van der Waals surface area contributed by atoms with Crippen LogP contribution in [0.1, 0.15) is 27.8 Å². The first-order chi connectivity index (χ1) is 17.4. The summed E-state index contributed by atoms with van der Waals surface area (Å²) in [6.07, 6.45) is 1.59. The Labute approximate surface area is 203 Å². The second kappa shape index (κ2) is 10.7. The number of carbonyl (C=O) groups is 2. The summed E-state index contributed by atoms with van der Waals surface area (Å²) >= 11 is 0. The van der Waals surface area contributed by atoms with Gasteiger partial charge >= 0.3 is 12.6 Å². The number of hydrogen-bond acceptors (Lipinski definition) is 8. The molecule has 1 amide bonds. The van der Waals surface area contributed by atoms with Gasteiger partial charge in [0.2, 0.25) is 5.95 Å². The third-order valence-corrected chi connectivity index (χ3v) is 4.87. The smallest absolute Gasteiger partial charge is 0.387 e. The number of methoxy groups -OCH3 is 1. The number of hydrogen-bond donors (Lipinski definition) is 1. The van der Waals surface area contributed by atoms with Gasteiger partial charge in [-0.25, -0.2) is 9.78 Å². The largest absolute Gasteiger partial charge is 0.497 e. The highest BCUT2D eigenvalue weighted by atomic mass is 19.3. The molecule has 0 spiro atoms. The predicted octanol–water partition coefficient (Wildman–Crippen LogP) is 4.57. The first-order valence-electron chi connectivity index (χ1n) is 10.6. The zero-order chi connectivity index (χ0) is 25.7. The molecule has 0 atom stereocenters. The standard InChI is InChI=1S/C24H20F2N4O6/c1-3-34-22(32)18-12-20(36-29-18)19-13-30(15-6-10-16(33-2)11-7-15)24(27-19)28-21(31)14-4-8-17(9-5-14)35-23(25)26/h4-13,23H,3H2,1-2H3,(H,27,28,31). The number of esters is 1. The molecule has 0 bridgehead atoms. The number of nitrogens with one attached hydrogen (secondary N) is 1. The van der Waals surface area contributed by atoms with E-state index < -0.39 is 18.5 Å². The number of ether oxygens (including phenoxy) is 3. The maximum Gasteiger partial charge on any atom is 0.387 e. The minimum Gasteiger partial charge on any atom is -0.497 e. The molecule has 0 fully saturated rings. The van der Waals surface area contributed by atoms with Crippen LogP contribution in [-0.4, -0.2) is 46.9 Å². The first-order valence-corrected chi connectivity index (χ1v) is 10.6. The second-order valence-corrected chi connectivity index (χ2v) is 7.17. The maximum absolute atomic E-state index is 12.9. The van der Waals surface area contributed by atoms with E-state index in [1.807, 2.05) is 0 Å². The number of amides is 1. The number of benzene rings is 2. The fraction of sp³-hybridized carbons (Fsp3) is 0.167. The number of halogens is 2. The van der Waals surface area contributed by atoms with Gasteiger partial charge in [0.15, 0.2) is 11.5 Å². The Bertz CT molecular complexity index is 1350. The van der Waals surface area contributed by atoms with E-state index in [4.69, 9.17) is 14.0 Å². The molecule has 4 aromatic rings. The van der Waals surface area contributed by atoms with Crippen LogP contribution < -0.4 is 14.8 Å². The average Bonchev–Trinajstić information content (AvgIpc) is 3.52. The number of alkyl halides is 2. The number of carbonyl (C=O) groups excluding carboxylic acids is 2. The average molecular weight is 498 g/mol. The number of rotatable bonds is 9. The van der Waals surface area contributed by atoms with Crippen LogP contribution in [0.4, 0.5) is 14.7 Å². The third-order valence-electron chi connectivity index (χ3n) is 4.87. The van der Waals surface area contributed by atoms with Gasteiger partial charge in [0, 0.05) is 23.5 Å². The minimum absolute atomic E-state index is 0.0254. The van der Waals surface area contributed by atoms with Gasteiger partial charge in [-0.3, -0.25) is 14.7 Å². The van der Waals surface area contributed by atoms with Crippen molar-refractivity contribution in [2.24, 2.45) is 0 Å². The SMILES string of the molecule is CCOC(=O)c1cc(-c2cn(-c3ccc(OC)cc3)c(NC(=O)c3ccc(OC(F)F)cc3)n2)on1. The summed E-state index contributed by atoms with van der Waals surface area (Å²) < 4.78 is 46.0. The number of aromatic nitrogens is 3. The van der Waals surface area contributed by atoms with Gasteiger partial charge in [0.1, 0.15) is 17.2 Å². The van der Waals surface area contributed by atoms with E-state index in [9.17, 15) is 18.4 Å². The van der Waals surface area contributed by atoms with Crippen LogP contribution in [0.3, 0.4) is 0 Å². The lowest BCUT2D eigenvalue weighted by Gasteiger charge is -2.10. The lowest BCUT2D eigenvalue weighted by molar-refractivity contribution is -0.0498. The van der Waals surface area contributed by atoms with Gasteiger partial charge in [-0.1, -0.05) is 5.16 Å². The molecule has 0 aliphatic carbocycles. The van der Waals surface area contributed by atoms with Gasteiger partial charge in [0.05, 0.1) is 13.7 Å². The van der Waals surface area contributed by atoms with E-state index in [0.717, 1.165) is 0 Å². The summed E-state index contributed by atoms with van der Waals surface area (Å²) in [7, 11) is 1.54. The summed E-state index contributed by atoms with van der Waals surface area (Å²) in [5.41, 5.74) is 1.08. The Morgan fingerprint density at radius 2 is 1.78 bits per heavy atom. The highest BCUT2D eigenvalue weighted by Crippen LogP contribution is 2.27. The molecule has 2 aromatic carbocycles. The van der Waals surface area contributed by atoms with Crippen molar-refractivity contribution in [1.82, 2.24) is 14.7 Å². The summed E-state index contributed by atoms with van der Waals surface area (Å²) in [6.45, 7) is -1.12. The zero-order valence-corrected chi connectivity index (χ0v) is 19.1. The number of anilines is 1. The zero-order valence-electron chi connectivity index (χ0n) is 19.1. The molecule has 0 saturated carbocycles. The molecule has 36 heavy (non-hydrogen) atoms. The molecule has 12 heteroatoms. The molecule has 2 heterocycles. The van der Waals surface area contributed by atoms with Crippen LogP contribution in [0.2, 0.25) is 0 Å². The van der Waals surface area contributed by atoms with E-state index in [1.165, 1.54) is 30.3 Å². The van der Waals surface area contributed by atoms with Crippen molar-refractivity contribution in [3.8, 4) is 28.6 Å². The maximum atomic E-state index is 12.9. The van der Waals surface area contributed by atoms with E-state index in [1.54, 1.807) is 49.1 Å². The van der Waals surface area contributed by atoms with Gasteiger partial charge in [-0.05, 0) is 55.5 Å². The molecule has 1 N–H and O–H groups in total. The summed E-state index contributed by atoms with van der Waals surface area (Å²) in [4.78, 5) is 29.2. The Hall–Kier alpha value is -4.74. The second-order valence-electron chi connectivity index (χ2n) is 7.17. The lowest BCUT2D eigenvalue weighted by atomic mass is 10.2. The summed E-state index contributed by atoms with van der Waals surface area (Å²) in [6, 6.07) is 13.5. The molecule has 2 aromatic heterocycles. The predicted molar refractivity (Wildman–Crippen MR) is 123 cm³/mol. The quantitative estimate of drug-likeness (QED) is 0.334. The van der Waals surface area contributed by atoms with Gasteiger partial charge in [-0.15, -0.1) is 0 Å². The van der Waals surface area contributed by atoms with Crippen molar-refractivity contribution in [1.29, 1.82) is 0 Å². The van der Waals surface area contributed by atoms with E-state index in [2.05, 4.69) is 20.2 Å². The van der Waals surface area contributed by atoms with Gasteiger partial charge in [0.25, 0.3) is 5.91 Å². The van der Waals surface area contributed by atoms with Crippen molar-refractivity contribution in [3.63, 3.8) is 0 Å². The van der Waals surface area contributed by atoms with Gasteiger partial charge < -0.3 is 18.7 Å². The summed E-state index contributed by atoms with van der Waals surface area (Å²) in [5.74, 6) is -0.335. The topological polar surface area (TPSA) is 118 Å². The summed E-state index contributed by atoms with van der Waals surface area (Å²) in [5, 5.41) is 6.41. The number of nitrogens with zero attached hydrogens (tertiary/aromatic N) is 3. The lowest BCUT2D eigenvalue weighted by Crippen LogP contribution is -2.15. The van der Waals surface area contributed by atoms with E-state index >= 15 is 0 Å².